The Morgan fingerprint density at radius 3 is 2.84 bits per heavy atom. The van der Waals surface area contributed by atoms with Crippen LogP contribution in [0.1, 0.15) is 17.1 Å². The molecular weight excluding hydrogens is 523 g/mol. The maximum atomic E-state index is 15.0. The molecule has 4 aromatic rings. The lowest BCUT2D eigenvalue weighted by Gasteiger charge is -2.31. The minimum absolute atomic E-state index is 0.0474. The van der Waals surface area contributed by atoms with Gasteiger partial charge in [0.2, 0.25) is 10.8 Å². The second kappa shape index (κ2) is 10.1. The number of allylic oxidation sites excluding steroid dienone is 1. The molecule has 0 amide bonds. The standard InChI is InChI=1S/C23H18ClFN8O3S/c1-14-7-8-17(33(34)35)11-18(14)32-12-16(28-31-32)13-37-22-30-29-21(36-22)23(24)19(25)9-10-26-20(23)27-15-5-3-2-4-6-15/h2-12,20,27H,13H2,1H3. The number of non-ortho nitro benzene ring substituents is 1. The van der Waals surface area contributed by atoms with Gasteiger partial charge in [-0.15, -0.1) is 15.3 Å². The van der Waals surface area contributed by atoms with Gasteiger partial charge in [0, 0.05) is 29.8 Å². The molecule has 2 atom stereocenters. The summed E-state index contributed by atoms with van der Waals surface area (Å²) in [5, 5.41) is 30.5. The average Bonchev–Trinajstić information content (AvgIpc) is 3.56. The molecule has 2 aromatic carbocycles. The number of anilines is 1. The van der Waals surface area contributed by atoms with Crippen molar-refractivity contribution in [3.05, 3.63) is 93.9 Å². The molecule has 0 radical (unpaired) electrons. The summed E-state index contributed by atoms with van der Waals surface area (Å²) in [5.41, 5.74) is 2.55. The van der Waals surface area contributed by atoms with E-state index in [1.54, 1.807) is 24.4 Å². The van der Waals surface area contributed by atoms with E-state index >= 15 is 4.39 Å². The molecule has 3 heterocycles. The molecule has 2 aromatic heterocycles. The Kier molecular flexibility index (Phi) is 6.72. The van der Waals surface area contributed by atoms with E-state index < -0.39 is 21.8 Å². The van der Waals surface area contributed by atoms with E-state index in [0.717, 1.165) is 23.4 Å². The lowest BCUT2D eigenvalue weighted by molar-refractivity contribution is -0.384. The van der Waals surface area contributed by atoms with E-state index in [1.807, 2.05) is 25.1 Å². The largest absolute Gasteiger partial charge is 0.413 e. The summed E-state index contributed by atoms with van der Waals surface area (Å²) in [4.78, 5) is 13.1. The first-order valence-electron chi connectivity index (χ1n) is 10.9. The van der Waals surface area contributed by atoms with Gasteiger partial charge in [-0.2, -0.15) is 0 Å². The third kappa shape index (κ3) is 4.95. The Morgan fingerprint density at radius 2 is 2.05 bits per heavy atom. The van der Waals surface area contributed by atoms with Crippen molar-refractivity contribution in [1.82, 2.24) is 25.2 Å². The molecule has 1 N–H and O–H groups in total. The van der Waals surface area contributed by atoms with Crippen molar-refractivity contribution in [2.24, 2.45) is 4.99 Å². The SMILES string of the molecule is Cc1ccc([N+](=O)[O-])cc1-n1cc(CSc2nnc(C3(Cl)C(F)=CC=NC3Nc3ccccc3)o2)nn1. The molecule has 1 aliphatic rings. The van der Waals surface area contributed by atoms with Gasteiger partial charge in [0.25, 0.3) is 10.9 Å². The van der Waals surface area contributed by atoms with Crippen LogP contribution in [0, 0.1) is 17.0 Å². The number of benzene rings is 2. The van der Waals surface area contributed by atoms with Crippen molar-refractivity contribution in [1.29, 1.82) is 0 Å². The van der Waals surface area contributed by atoms with Crippen LogP contribution in [-0.4, -0.2) is 42.5 Å². The van der Waals surface area contributed by atoms with Crippen LogP contribution in [0.15, 0.2) is 81.3 Å². The number of alkyl halides is 1. The predicted molar refractivity (Wildman–Crippen MR) is 136 cm³/mol. The van der Waals surface area contributed by atoms with E-state index in [-0.39, 0.29) is 16.8 Å². The number of nitro benzene ring substituents is 1. The number of rotatable bonds is 8. The summed E-state index contributed by atoms with van der Waals surface area (Å²) in [7, 11) is 0. The fourth-order valence-corrected chi connectivity index (χ4v) is 4.48. The number of para-hydroxylation sites is 1. The average molecular weight is 541 g/mol. The number of thioether (sulfide) groups is 1. The quantitative estimate of drug-likeness (QED) is 0.142. The Hall–Kier alpha value is -4.10. The van der Waals surface area contributed by atoms with Crippen molar-refractivity contribution >= 4 is 41.0 Å². The van der Waals surface area contributed by atoms with E-state index in [4.69, 9.17) is 16.0 Å². The van der Waals surface area contributed by atoms with Crippen molar-refractivity contribution in [3.63, 3.8) is 0 Å². The number of nitrogens with zero attached hydrogens (tertiary/aromatic N) is 7. The molecule has 2 unspecified atom stereocenters. The number of aromatic nitrogens is 5. The van der Waals surface area contributed by atoms with Crippen LogP contribution in [0.3, 0.4) is 0 Å². The summed E-state index contributed by atoms with van der Waals surface area (Å²) in [6, 6.07) is 13.6. The molecule has 0 saturated carbocycles. The zero-order valence-corrected chi connectivity index (χ0v) is 20.7. The van der Waals surface area contributed by atoms with Gasteiger partial charge >= 0.3 is 0 Å². The second-order valence-electron chi connectivity index (χ2n) is 7.98. The topological polar surface area (TPSA) is 137 Å². The van der Waals surface area contributed by atoms with Crippen molar-refractivity contribution < 1.29 is 13.7 Å². The highest BCUT2D eigenvalue weighted by molar-refractivity contribution is 7.98. The number of hydrogen-bond donors (Lipinski definition) is 1. The lowest BCUT2D eigenvalue weighted by Crippen LogP contribution is -2.41. The first kappa shape index (κ1) is 24.6. The first-order chi connectivity index (χ1) is 17.8. The highest BCUT2D eigenvalue weighted by Crippen LogP contribution is 2.44. The fourth-order valence-electron chi connectivity index (χ4n) is 3.59. The molecule has 0 aliphatic carbocycles. The van der Waals surface area contributed by atoms with Crippen LogP contribution in [0.25, 0.3) is 5.69 Å². The minimum Gasteiger partial charge on any atom is -0.413 e. The minimum atomic E-state index is -1.83. The molecule has 188 valence electrons. The lowest BCUT2D eigenvalue weighted by atomic mass is 10.0. The van der Waals surface area contributed by atoms with Gasteiger partial charge in [0.15, 0.2) is 6.17 Å². The third-order valence-electron chi connectivity index (χ3n) is 5.51. The molecule has 14 heteroatoms. The molecule has 0 spiro atoms. The maximum Gasteiger partial charge on any atom is 0.277 e. The molecule has 0 saturated heterocycles. The van der Waals surface area contributed by atoms with Gasteiger partial charge in [-0.05, 0) is 30.7 Å². The fraction of sp³-hybridized carbons (Fsp3) is 0.174. The monoisotopic (exact) mass is 540 g/mol. The van der Waals surface area contributed by atoms with E-state index in [9.17, 15) is 10.1 Å². The van der Waals surface area contributed by atoms with Gasteiger partial charge < -0.3 is 9.73 Å². The number of aryl methyl sites for hydroxylation is 1. The molecule has 37 heavy (non-hydrogen) atoms. The Morgan fingerprint density at radius 1 is 1.24 bits per heavy atom. The Bertz CT molecular complexity index is 1510. The van der Waals surface area contributed by atoms with Crippen LogP contribution in [0.5, 0.6) is 0 Å². The van der Waals surface area contributed by atoms with Gasteiger partial charge in [0.05, 0.1) is 22.5 Å². The van der Waals surface area contributed by atoms with E-state index in [0.29, 0.717) is 22.8 Å². The van der Waals surface area contributed by atoms with Crippen molar-refractivity contribution in [2.75, 3.05) is 5.32 Å². The zero-order chi connectivity index (χ0) is 26.0. The third-order valence-corrected chi connectivity index (χ3v) is 6.91. The summed E-state index contributed by atoms with van der Waals surface area (Å²) in [6.07, 6.45) is 3.20. The molecule has 0 fully saturated rings. The smallest absolute Gasteiger partial charge is 0.277 e. The Labute approximate surface area is 218 Å². The normalized spacial score (nSPS) is 19.0. The Balaban J connectivity index is 1.31. The van der Waals surface area contributed by atoms with Gasteiger partial charge in [-0.25, -0.2) is 9.07 Å². The highest BCUT2D eigenvalue weighted by atomic mass is 35.5. The summed E-state index contributed by atoms with van der Waals surface area (Å²) in [5.74, 6) is -0.535. The predicted octanol–water partition coefficient (Wildman–Crippen LogP) is 4.97. The summed E-state index contributed by atoms with van der Waals surface area (Å²) in [6.45, 7) is 1.82. The number of nitro groups is 1. The second-order valence-corrected chi connectivity index (χ2v) is 9.50. The number of halogens is 2. The van der Waals surface area contributed by atoms with E-state index in [1.165, 1.54) is 23.0 Å². The number of aliphatic imine (C=N–C) groups is 1. The van der Waals surface area contributed by atoms with Crippen LogP contribution in [-0.2, 0) is 10.6 Å². The molecule has 1 aliphatic heterocycles. The molecule has 11 nitrogen and oxygen atoms in total. The molecular formula is C23H18ClFN8O3S. The molecule has 5 rings (SSSR count). The number of hydrogen-bond acceptors (Lipinski definition) is 10. The van der Waals surface area contributed by atoms with Crippen molar-refractivity contribution in [3.8, 4) is 5.69 Å². The first-order valence-corrected chi connectivity index (χ1v) is 12.2. The van der Waals surface area contributed by atoms with Gasteiger partial charge in [-0.1, -0.05) is 52.8 Å². The van der Waals surface area contributed by atoms with E-state index in [2.05, 4.69) is 30.8 Å². The molecule has 0 bridgehead atoms. The summed E-state index contributed by atoms with van der Waals surface area (Å²) >= 11 is 7.88. The summed E-state index contributed by atoms with van der Waals surface area (Å²) < 4.78 is 22.2. The van der Waals surface area contributed by atoms with Crippen LogP contribution < -0.4 is 5.32 Å². The van der Waals surface area contributed by atoms with Gasteiger partial charge in [0.1, 0.15) is 5.83 Å². The van der Waals surface area contributed by atoms with Crippen molar-refractivity contribution in [2.45, 2.75) is 28.9 Å². The van der Waals surface area contributed by atoms with Crippen LogP contribution >= 0.6 is 23.4 Å². The van der Waals surface area contributed by atoms with Gasteiger partial charge in [-0.3, -0.25) is 15.1 Å². The van der Waals surface area contributed by atoms with Crippen LogP contribution in [0.2, 0.25) is 0 Å². The zero-order valence-electron chi connectivity index (χ0n) is 19.2. The van der Waals surface area contributed by atoms with Crippen LogP contribution in [0.4, 0.5) is 15.8 Å². The number of nitrogens with one attached hydrogen (secondary N) is 1. The maximum absolute atomic E-state index is 15.0. The highest BCUT2D eigenvalue weighted by Gasteiger charge is 2.49. The number of dihydropyridines is 1.